The van der Waals surface area contributed by atoms with Crippen LogP contribution in [0.15, 0.2) is 37.1 Å². The highest BCUT2D eigenvalue weighted by atomic mass is 16.7. The van der Waals surface area contributed by atoms with E-state index in [1.807, 2.05) is 43.7 Å². The Hall–Kier alpha value is -3.55. The summed E-state index contributed by atoms with van der Waals surface area (Å²) in [4.78, 5) is 54.2. The lowest BCUT2D eigenvalue weighted by Gasteiger charge is -2.48. The molecule has 0 saturated carbocycles. The van der Waals surface area contributed by atoms with Crippen molar-refractivity contribution in [3.8, 4) is 11.3 Å². The molecule has 2 aromatic rings. The van der Waals surface area contributed by atoms with Gasteiger partial charge in [-0.15, -0.1) is 0 Å². The van der Waals surface area contributed by atoms with E-state index in [1.54, 1.807) is 63.4 Å². The largest absolute Gasteiger partial charge is 0.458 e. The Kier molecular flexibility index (Phi) is 15.3. The van der Waals surface area contributed by atoms with Crippen molar-refractivity contribution in [1.29, 1.82) is 0 Å². The lowest BCUT2D eigenvalue weighted by atomic mass is 9.78. The number of amides is 1. The minimum atomic E-state index is -1.38. The molecule has 1 amide bonds. The van der Waals surface area contributed by atoms with Gasteiger partial charge in [0.05, 0.1) is 42.4 Å². The highest BCUT2D eigenvalue weighted by molar-refractivity contribution is 6.00. The van der Waals surface area contributed by atoms with Crippen LogP contribution < -0.4 is 5.32 Å². The van der Waals surface area contributed by atoms with Crippen LogP contribution in [0.4, 0.5) is 4.79 Å². The molecule has 5 rings (SSSR count). The van der Waals surface area contributed by atoms with Gasteiger partial charge in [0.25, 0.3) is 0 Å². The summed E-state index contributed by atoms with van der Waals surface area (Å²) in [5.74, 6) is -3.51. The summed E-state index contributed by atoms with van der Waals surface area (Å²) in [5, 5.41) is 36.1. The number of aliphatic hydroxyl groups excluding tert-OH is 3. The molecule has 0 aliphatic carbocycles. The van der Waals surface area contributed by atoms with Gasteiger partial charge in [-0.05, 0) is 86.5 Å². The van der Waals surface area contributed by atoms with E-state index in [2.05, 4.69) is 15.3 Å². The third-order valence-electron chi connectivity index (χ3n) is 12.6. The summed E-state index contributed by atoms with van der Waals surface area (Å²) < 4.78 is 33.0. The number of ether oxygens (including phenoxy) is 5. The predicted octanol–water partition coefficient (Wildman–Crippen LogP) is 2.40. The number of esters is 1. The molecule has 3 fully saturated rings. The molecule has 0 bridgehead atoms. The summed E-state index contributed by atoms with van der Waals surface area (Å²) in [6, 6.07) is 1.69. The maximum atomic E-state index is 14.3. The third-order valence-corrected chi connectivity index (χ3v) is 12.6. The topological polar surface area (TPSA) is 207 Å². The van der Waals surface area contributed by atoms with Crippen LogP contribution in [0, 0.1) is 11.8 Å². The lowest BCUT2D eigenvalue weighted by molar-refractivity contribution is -0.319. The molecule has 59 heavy (non-hydrogen) atoms. The molecule has 5 heterocycles. The number of aliphatic hydroxyl groups is 3. The predicted molar refractivity (Wildman–Crippen MR) is 216 cm³/mol. The standard InChI is InChI=1S/C42H66N6O11/c1-11-31-42(7)36(48(40(54)59-42)18-13-12-17-47-21-29(44-23-47)28-15-14-16-43-20-28)27(5)45-24(2)19-41(6,55-10)37(25(3)33(50)26(4)38(53)57-31)58-39-35(52)32(46(8)9)34(51)30(22-49)56-39/h14-16,20-21,23-27,30-32,34-37,39,45,49,51-52H,11-13,17-19,22H2,1-10H3/t24-,25+,26-,27+,30-,31+,32-,34-,35-,36-,37-,39+,41+,42-/m1/s1. The number of hydrogen-bond acceptors (Lipinski definition) is 15. The summed E-state index contributed by atoms with van der Waals surface area (Å²) >= 11 is 0. The first-order valence-corrected chi connectivity index (χ1v) is 20.8. The number of cyclic esters (lactones) is 1. The summed E-state index contributed by atoms with van der Waals surface area (Å²) in [6.07, 6.45) is 1.69. The molecule has 3 aliphatic rings. The van der Waals surface area contributed by atoms with Crippen molar-refractivity contribution in [3.05, 3.63) is 37.1 Å². The highest BCUT2D eigenvalue weighted by Gasteiger charge is 2.59. The van der Waals surface area contributed by atoms with E-state index in [9.17, 15) is 29.7 Å². The van der Waals surface area contributed by atoms with Crippen molar-refractivity contribution in [2.45, 2.75) is 153 Å². The summed E-state index contributed by atoms with van der Waals surface area (Å²) in [6.45, 7) is 13.0. The number of nitrogens with one attached hydrogen (secondary N) is 1. The number of carbonyl (C=O) groups excluding carboxylic acids is 3. The number of aromatic nitrogens is 3. The van der Waals surface area contributed by atoms with Crippen LogP contribution in [-0.2, 0) is 39.8 Å². The number of aryl methyl sites for hydroxylation is 1. The molecule has 17 nitrogen and oxygen atoms in total. The fourth-order valence-electron chi connectivity index (χ4n) is 9.46. The van der Waals surface area contributed by atoms with E-state index >= 15 is 0 Å². The molecule has 0 spiro atoms. The van der Waals surface area contributed by atoms with Crippen molar-refractivity contribution >= 4 is 17.8 Å². The van der Waals surface area contributed by atoms with Crippen LogP contribution in [0.2, 0.25) is 0 Å². The minimum Gasteiger partial charge on any atom is -0.458 e. The fourth-order valence-corrected chi connectivity index (χ4v) is 9.46. The molecular weight excluding hydrogens is 764 g/mol. The second-order valence-electron chi connectivity index (χ2n) is 17.2. The molecule has 0 unspecified atom stereocenters. The number of ketones is 1. The second kappa shape index (κ2) is 19.4. The zero-order chi connectivity index (χ0) is 43.4. The van der Waals surface area contributed by atoms with Gasteiger partial charge in [0.2, 0.25) is 0 Å². The van der Waals surface area contributed by atoms with Gasteiger partial charge in [0.1, 0.15) is 30.3 Å². The zero-order valence-corrected chi connectivity index (χ0v) is 36.2. The molecule has 330 valence electrons. The Balaban J connectivity index is 1.41. The van der Waals surface area contributed by atoms with Crippen molar-refractivity contribution in [1.82, 2.24) is 29.7 Å². The van der Waals surface area contributed by atoms with E-state index in [0.29, 0.717) is 25.9 Å². The average molecular weight is 831 g/mol. The molecule has 4 N–H and O–H groups in total. The van der Waals surface area contributed by atoms with Crippen LogP contribution in [0.3, 0.4) is 0 Å². The van der Waals surface area contributed by atoms with Crippen LogP contribution >= 0.6 is 0 Å². The van der Waals surface area contributed by atoms with E-state index in [0.717, 1.165) is 17.7 Å². The van der Waals surface area contributed by atoms with Crippen molar-refractivity contribution in [2.75, 3.05) is 34.4 Å². The molecule has 0 radical (unpaired) electrons. The monoisotopic (exact) mass is 830 g/mol. The molecular formula is C42H66N6O11. The molecule has 14 atom stereocenters. The number of likely N-dealkylation sites (N-methyl/N-ethyl adjacent to an activating group) is 1. The third kappa shape index (κ3) is 9.83. The van der Waals surface area contributed by atoms with Gasteiger partial charge < -0.3 is 53.8 Å². The average Bonchev–Trinajstić information content (AvgIpc) is 3.78. The maximum Gasteiger partial charge on any atom is 0.410 e. The number of nitrogens with zero attached hydrogens (tertiary/aromatic N) is 5. The van der Waals surface area contributed by atoms with E-state index < -0.39 is 96.4 Å². The minimum absolute atomic E-state index is 0.280. The lowest BCUT2D eigenvalue weighted by Crippen LogP contribution is -2.66. The van der Waals surface area contributed by atoms with Crippen LogP contribution in [0.5, 0.6) is 0 Å². The van der Waals surface area contributed by atoms with Crippen LogP contribution in [-0.4, -0.2) is 164 Å². The fraction of sp³-hybridized carbons (Fsp3) is 0.738. The van der Waals surface area contributed by atoms with Gasteiger partial charge in [-0.25, -0.2) is 9.78 Å². The number of rotatable bonds is 12. The van der Waals surface area contributed by atoms with Gasteiger partial charge in [0.15, 0.2) is 17.7 Å². The maximum absolute atomic E-state index is 14.3. The van der Waals surface area contributed by atoms with Crippen molar-refractivity contribution in [2.24, 2.45) is 11.8 Å². The van der Waals surface area contributed by atoms with Gasteiger partial charge in [-0.3, -0.25) is 19.5 Å². The highest BCUT2D eigenvalue weighted by Crippen LogP contribution is 2.40. The summed E-state index contributed by atoms with van der Waals surface area (Å²) in [7, 11) is 4.87. The Labute approximate surface area is 347 Å². The molecule has 3 saturated heterocycles. The van der Waals surface area contributed by atoms with E-state index in [4.69, 9.17) is 23.7 Å². The molecule has 2 aromatic heterocycles. The van der Waals surface area contributed by atoms with Crippen molar-refractivity contribution < 1.29 is 53.4 Å². The number of fused-ring (bicyclic) bond motifs is 1. The quantitative estimate of drug-likeness (QED) is 0.138. The van der Waals surface area contributed by atoms with Crippen LogP contribution in [0.25, 0.3) is 11.3 Å². The number of carbonyl (C=O) groups is 3. The zero-order valence-electron chi connectivity index (χ0n) is 36.2. The number of unbranched alkanes of at least 4 members (excludes halogenated alkanes) is 1. The number of pyridine rings is 1. The first-order chi connectivity index (χ1) is 27.9. The Morgan fingerprint density at radius 1 is 1.07 bits per heavy atom. The smallest absolute Gasteiger partial charge is 0.410 e. The molecule has 17 heteroatoms. The Bertz CT molecular complexity index is 1720. The SMILES string of the molecule is CC[C@@H]1OC(=O)[C@H](C)C(=O)[C@H](C)[C@@H](O[C@@H]2O[C@H](CO)[C@@H](O)[C@@H](N(C)C)[C@H]2O)[C@@](C)(OC)C[C@@H](C)N[C@@H](C)[C@H]2N(CCCCn3cnc(-c4cccnc4)c3)C(=O)O[C@]12C. The first kappa shape index (κ1) is 46.5. The van der Waals surface area contributed by atoms with E-state index in [-0.39, 0.29) is 18.5 Å². The second-order valence-corrected chi connectivity index (χ2v) is 17.2. The summed E-state index contributed by atoms with van der Waals surface area (Å²) in [5.41, 5.74) is -0.740. The molecule has 3 aliphatic heterocycles. The number of Topliss-reactive ketones (excluding diaryl/α,β-unsaturated/α-hetero) is 1. The Morgan fingerprint density at radius 2 is 1.78 bits per heavy atom. The van der Waals surface area contributed by atoms with E-state index in [1.165, 1.54) is 14.0 Å². The van der Waals surface area contributed by atoms with Gasteiger partial charge in [-0.1, -0.05) is 13.8 Å². The van der Waals surface area contributed by atoms with Gasteiger partial charge >= 0.3 is 12.1 Å². The van der Waals surface area contributed by atoms with Crippen molar-refractivity contribution in [3.63, 3.8) is 0 Å². The number of imidazole rings is 1. The number of methoxy groups -OCH3 is 1. The molecule has 0 aromatic carbocycles. The van der Waals surface area contributed by atoms with Gasteiger partial charge in [0, 0.05) is 62.4 Å². The Morgan fingerprint density at radius 3 is 2.41 bits per heavy atom. The normalized spacial score (nSPS) is 37.5. The number of hydrogen-bond donors (Lipinski definition) is 4. The van der Waals surface area contributed by atoms with Crippen LogP contribution in [0.1, 0.15) is 74.1 Å². The van der Waals surface area contributed by atoms with Gasteiger partial charge in [-0.2, -0.15) is 0 Å². The first-order valence-electron chi connectivity index (χ1n) is 20.8.